The van der Waals surface area contributed by atoms with Gasteiger partial charge in [-0.3, -0.25) is 4.79 Å². The number of carbonyl (C=O) groups is 1. The number of hydrogen-bond donors (Lipinski definition) is 1. The number of rotatable bonds is 1. The third-order valence-electron chi connectivity index (χ3n) is 3.00. The quantitative estimate of drug-likeness (QED) is 0.843. The van der Waals surface area contributed by atoms with E-state index in [4.69, 9.17) is 11.6 Å². The molecule has 0 saturated heterocycles. The molecule has 1 amide bonds. The molecule has 0 aliphatic carbocycles. The van der Waals surface area contributed by atoms with Crippen molar-refractivity contribution in [1.29, 1.82) is 0 Å². The van der Waals surface area contributed by atoms with Gasteiger partial charge in [0.2, 0.25) is 0 Å². The Balaban J connectivity index is 2.09. The van der Waals surface area contributed by atoms with E-state index >= 15 is 0 Å². The first-order valence-electron chi connectivity index (χ1n) is 5.91. The number of amides is 1. The van der Waals surface area contributed by atoms with Crippen molar-refractivity contribution < 1.29 is 4.79 Å². The van der Waals surface area contributed by atoms with E-state index in [1.807, 2.05) is 43.3 Å². The van der Waals surface area contributed by atoms with Crippen LogP contribution in [0.2, 0.25) is 5.02 Å². The Labute approximate surface area is 115 Å². The molecule has 2 aromatic carbocycles. The zero-order chi connectivity index (χ0) is 13.4. The van der Waals surface area contributed by atoms with Crippen LogP contribution in [0, 0.1) is 6.92 Å². The van der Waals surface area contributed by atoms with Gasteiger partial charge in [-0.1, -0.05) is 41.4 Å². The van der Waals surface area contributed by atoms with Crippen LogP contribution in [0.25, 0.3) is 0 Å². The van der Waals surface area contributed by atoms with Gasteiger partial charge in [0.15, 0.2) is 0 Å². The molecule has 0 bridgehead atoms. The van der Waals surface area contributed by atoms with Crippen molar-refractivity contribution in [2.24, 2.45) is 4.99 Å². The summed E-state index contributed by atoms with van der Waals surface area (Å²) >= 11 is 6.05. The van der Waals surface area contributed by atoms with Crippen molar-refractivity contribution >= 4 is 34.6 Å². The smallest absolute Gasteiger partial charge is 0.275 e. The lowest BCUT2D eigenvalue weighted by atomic mass is 10.1. The Bertz CT molecular complexity index is 690. The van der Waals surface area contributed by atoms with E-state index in [0.717, 1.165) is 16.8 Å². The second-order valence-electron chi connectivity index (χ2n) is 4.41. The third kappa shape index (κ3) is 2.13. The molecular weight excluding hydrogens is 260 g/mol. The lowest BCUT2D eigenvalue weighted by molar-refractivity contribution is -0.110. The van der Waals surface area contributed by atoms with Gasteiger partial charge in [-0.25, -0.2) is 4.99 Å². The average molecular weight is 271 g/mol. The summed E-state index contributed by atoms with van der Waals surface area (Å²) in [5, 5.41) is 3.27. The first-order chi connectivity index (χ1) is 9.15. The van der Waals surface area contributed by atoms with Crippen molar-refractivity contribution in [2.45, 2.75) is 6.92 Å². The molecule has 1 N–H and O–H groups in total. The molecule has 0 unspecified atom stereocenters. The molecule has 0 spiro atoms. The van der Waals surface area contributed by atoms with Crippen molar-refractivity contribution in [3.63, 3.8) is 0 Å². The minimum absolute atomic E-state index is 0.219. The maximum Gasteiger partial charge on any atom is 0.275 e. The number of anilines is 1. The lowest BCUT2D eigenvalue weighted by Gasteiger charge is -1.99. The number of para-hydroxylation sites is 1. The molecule has 3 rings (SSSR count). The summed E-state index contributed by atoms with van der Waals surface area (Å²) < 4.78 is 0. The number of aryl methyl sites for hydroxylation is 1. The van der Waals surface area contributed by atoms with Crippen molar-refractivity contribution in [1.82, 2.24) is 0 Å². The number of fused-ring (bicyclic) bond motifs is 1. The molecule has 1 aliphatic heterocycles. The van der Waals surface area contributed by atoms with Crippen LogP contribution in [0.5, 0.6) is 0 Å². The molecule has 0 fully saturated rings. The fraction of sp³-hybridized carbons (Fsp3) is 0.0667. The highest BCUT2D eigenvalue weighted by Gasteiger charge is 2.27. The van der Waals surface area contributed by atoms with Gasteiger partial charge in [-0.15, -0.1) is 0 Å². The number of nitrogens with zero attached hydrogens (tertiary/aromatic N) is 1. The van der Waals surface area contributed by atoms with Crippen molar-refractivity contribution in [2.75, 3.05) is 5.32 Å². The van der Waals surface area contributed by atoms with E-state index in [0.29, 0.717) is 16.4 Å². The zero-order valence-corrected chi connectivity index (χ0v) is 11.0. The molecule has 1 heterocycles. The molecule has 3 nitrogen and oxygen atoms in total. The topological polar surface area (TPSA) is 41.5 Å². The number of nitrogens with one attached hydrogen (secondary N) is 1. The van der Waals surface area contributed by atoms with Gasteiger partial charge in [0.25, 0.3) is 5.91 Å². The molecule has 94 valence electrons. The van der Waals surface area contributed by atoms with Gasteiger partial charge in [-0.2, -0.15) is 0 Å². The molecule has 0 aromatic heterocycles. The Hall–Kier alpha value is -2.13. The lowest BCUT2D eigenvalue weighted by Crippen LogP contribution is -2.13. The third-order valence-corrected chi connectivity index (χ3v) is 3.31. The van der Waals surface area contributed by atoms with Crippen molar-refractivity contribution in [3.05, 3.63) is 58.6 Å². The van der Waals surface area contributed by atoms with Gasteiger partial charge in [0.1, 0.15) is 5.71 Å². The summed E-state index contributed by atoms with van der Waals surface area (Å²) in [6.07, 6.45) is 0. The highest BCUT2D eigenvalue weighted by Crippen LogP contribution is 2.32. The highest BCUT2D eigenvalue weighted by molar-refractivity contribution is 6.55. The fourth-order valence-electron chi connectivity index (χ4n) is 2.00. The zero-order valence-electron chi connectivity index (χ0n) is 10.3. The van der Waals surface area contributed by atoms with Crippen LogP contribution in [0.4, 0.5) is 11.4 Å². The summed E-state index contributed by atoms with van der Waals surface area (Å²) in [5.74, 6) is -0.219. The fourth-order valence-corrected chi connectivity index (χ4v) is 2.22. The van der Waals surface area contributed by atoms with Gasteiger partial charge in [-0.05, 0) is 25.1 Å². The van der Waals surface area contributed by atoms with Crippen LogP contribution in [0.15, 0.2) is 47.5 Å². The SMILES string of the molecule is Cc1ccc(N=C2C(=O)Nc3c(Cl)cccc32)cc1. The first kappa shape index (κ1) is 11.9. The van der Waals surface area contributed by atoms with Crippen LogP contribution in [0.1, 0.15) is 11.1 Å². The van der Waals surface area contributed by atoms with Gasteiger partial charge >= 0.3 is 0 Å². The summed E-state index contributed by atoms with van der Waals surface area (Å²) in [7, 11) is 0. The summed E-state index contributed by atoms with van der Waals surface area (Å²) in [6, 6.07) is 13.1. The predicted molar refractivity (Wildman–Crippen MR) is 77.5 cm³/mol. The number of halogens is 1. The van der Waals surface area contributed by atoms with E-state index in [2.05, 4.69) is 10.3 Å². The summed E-state index contributed by atoms with van der Waals surface area (Å²) in [4.78, 5) is 16.4. The Morgan fingerprint density at radius 1 is 1.11 bits per heavy atom. The normalized spacial score (nSPS) is 15.5. The molecule has 0 atom stereocenters. The second-order valence-corrected chi connectivity index (χ2v) is 4.82. The molecular formula is C15H11ClN2O. The molecule has 2 aromatic rings. The van der Waals surface area contributed by atoms with Crippen molar-refractivity contribution in [3.8, 4) is 0 Å². The van der Waals surface area contributed by atoms with Crippen LogP contribution in [-0.4, -0.2) is 11.6 Å². The number of benzene rings is 2. The van der Waals surface area contributed by atoms with E-state index in [1.165, 1.54) is 0 Å². The Kier molecular flexibility index (Phi) is 2.84. The maximum atomic E-state index is 12.0. The van der Waals surface area contributed by atoms with Crippen LogP contribution < -0.4 is 5.32 Å². The molecule has 0 saturated carbocycles. The van der Waals surface area contributed by atoms with E-state index in [-0.39, 0.29) is 5.91 Å². The average Bonchev–Trinajstić information content (AvgIpc) is 2.71. The van der Waals surface area contributed by atoms with Gasteiger partial charge in [0.05, 0.1) is 16.4 Å². The predicted octanol–water partition coefficient (Wildman–Crippen LogP) is 3.72. The summed E-state index contributed by atoms with van der Waals surface area (Å²) in [5.41, 5.74) is 3.70. The maximum absolute atomic E-state index is 12.0. The van der Waals surface area contributed by atoms with E-state index < -0.39 is 0 Å². The van der Waals surface area contributed by atoms with Crippen LogP contribution >= 0.6 is 11.6 Å². The van der Waals surface area contributed by atoms with E-state index in [1.54, 1.807) is 6.07 Å². The molecule has 4 heteroatoms. The Morgan fingerprint density at radius 2 is 1.84 bits per heavy atom. The van der Waals surface area contributed by atoms with Crippen LogP contribution in [0.3, 0.4) is 0 Å². The first-order valence-corrected chi connectivity index (χ1v) is 6.28. The van der Waals surface area contributed by atoms with Crippen LogP contribution in [-0.2, 0) is 4.79 Å². The monoisotopic (exact) mass is 270 g/mol. The minimum Gasteiger partial charge on any atom is -0.319 e. The van der Waals surface area contributed by atoms with Gasteiger partial charge in [0, 0.05) is 5.56 Å². The number of carbonyl (C=O) groups excluding carboxylic acids is 1. The molecule has 0 radical (unpaired) electrons. The second kappa shape index (κ2) is 4.52. The largest absolute Gasteiger partial charge is 0.319 e. The summed E-state index contributed by atoms with van der Waals surface area (Å²) in [6.45, 7) is 2.01. The van der Waals surface area contributed by atoms with Gasteiger partial charge < -0.3 is 5.32 Å². The molecule has 1 aliphatic rings. The molecule has 19 heavy (non-hydrogen) atoms. The number of hydrogen-bond acceptors (Lipinski definition) is 2. The van der Waals surface area contributed by atoms with E-state index in [9.17, 15) is 4.79 Å². The standard InChI is InChI=1S/C15H11ClN2O/c1-9-5-7-10(8-6-9)17-14-11-3-2-4-12(16)13(11)18-15(14)19/h2-8H,1H3,(H,17,18,19). The Morgan fingerprint density at radius 3 is 2.58 bits per heavy atom. The highest BCUT2D eigenvalue weighted by atomic mass is 35.5. The minimum atomic E-state index is -0.219. The number of aliphatic imine (C=N–C) groups is 1.